The molecule has 2 aromatic rings. The maximum atomic E-state index is 12.3. The second kappa shape index (κ2) is 5.64. The van der Waals surface area contributed by atoms with Crippen molar-refractivity contribution >= 4 is 6.29 Å². The van der Waals surface area contributed by atoms with Crippen LogP contribution in [0, 0.1) is 0 Å². The molecule has 0 aliphatic carbocycles. The first-order valence-corrected chi connectivity index (χ1v) is 5.56. The van der Waals surface area contributed by atoms with E-state index in [-0.39, 0.29) is 11.3 Å². The average molecular weight is 282 g/mol. The van der Waals surface area contributed by atoms with E-state index in [4.69, 9.17) is 4.74 Å². The number of ether oxygens (including phenoxy) is 2. The van der Waals surface area contributed by atoms with Gasteiger partial charge in [0.25, 0.3) is 0 Å². The van der Waals surface area contributed by atoms with Gasteiger partial charge in [0.15, 0.2) is 17.8 Å². The van der Waals surface area contributed by atoms with Crippen LogP contribution < -0.4 is 9.47 Å². The van der Waals surface area contributed by atoms with Crippen molar-refractivity contribution in [1.29, 1.82) is 0 Å². The fourth-order valence-corrected chi connectivity index (χ4v) is 1.55. The highest BCUT2D eigenvalue weighted by molar-refractivity contribution is 5.81. The van der Waals surface area contributed by atoms with Crippen molar-refractivity contribution in [2.45, 2.75) is 6.36 Å². The van der Waals surface area contributed by atoms with Gasteiger partial charge in [0, 0.05) is 0 Å². The van der Waals surface area contributed by atoms with Gasteiger partial charge < -0.3 is 9.47 Å². The molecule has 0 N–H and O–H groups in total. The number of hydrogen-bond donors (Lipinski definition) is 0. The number of rotatable bonds is 4. The third-order valence-corrected chi connectivity index (χ3v) is 2.33. The molecule has 0 heterocycles. The fraction of sp³-hybridized carbons (Fsp3) is 0.0714. The molecule has 0 aliphatic rings. The van der Waals surface area contributed by atoms with E-state index in [9.17, 15) is 18.0 Å². The van der Waals surface area contributed by atoms with Crippen LogP contribution in [-0.4, -0.2) is 12.6 Å². The first-order chi connectivity index (χ1) is 9.49. The summed E-state index contributed by atoms with van der Waals surface area (Å²) in [6.07, 6.45) is -4.46. The molecule has 0 amide bonds. The Labute approximate surface area is 112 Å². The van der Waals surface area contributed by atoms with E-state index in [2.05, 4.69) is 4.74 Å². The minimum atomic E-state index is -4.86. The van der Waals surface area contributed by atoms with Crippen LogP contribution in [0.2, 0.25) is 0 Å². The molecular formula is C14H9F3O3. The molecule has 0 radical (unpaired) electrons. The van der Waals surface area contributed by atoms with Gasteiger partial charge in [-0.1, -0.05) is 24.3 Å². The van der Waals surface area contributed by atoms with Crippen molar-refractivity contribution in [2.24, 2.45) is 0 Å². The topological polar surface area (TPSA) is 35.5 Å². The maximum Gasteiger partial charge on any atom is 0.573 e. The molecule has 2 rings (SSSR count). The van der Waals surface area contributed by atoms with Crippen LogP contribution >= 0.6 is 0 Å². The Kier molecular flexibility index (Phi) is 3.93. The lowest BCUT2D eigenvalue weighted by Crippen LogP contribution is -2.17. The predicted molar refractivity (Wildman–Crippen MR) is 65.0 cm³/mol. The highest BCUT2D eigenvalue weighted by atomic mass is 19.4. The van der Waals surface area contributed by atoms with Gasteiger partial charge in [-0.3, -0.25) is 4.79 Å². The quantitative estimate of drug-likeness (QED) is 0.789. The van der Waals surface area contributed by atoms with E-state index in [1.54, 1.807) is 30.3 Å². The summed E-state index contributed by atoms with van der Waals surface area (Å²) < 4.78 is 46.2. The molecule has 0 unspecified atom stereocenters. The average Bonchev–Trinajstić information content (AvgIpc) is 2.40. The summed E-state index contributed by atoms with van der Waals surface area (Å²) in [6, 6.07) is 11.9. The lowest BCUT2D eigenvalue weighted by molar-refractivity contribution is -0.275. The van der Waals surface area contributed by atoms with E-state index < -0.39 is 12.1 Å². The summed E-state index contributed by atoms with van der Waals surface area (Å²) in [6.45, 7) is 0. The number of halogens is 3. The number of carbonyl (C=O) groups excluding carboxylic acids is 1. The second-order valence-electron chi connectivity index (χ2n) is 3.76. The van der Waals surface area contributed by atoms with Crippen LogP contribution in [0.5, 0.6) is 17.2 Å². The molecule has 20 heavy (non-hydrogen) atoms. The van der Waals surface area contributed by atoms with E-state index in [1.807, 2.05) is 0 Å². The Bertz CT molecular complexity index is 594. The smallest absolute Gasteiger partial charge is 0.453 e. The third-order valence-electron chi connectivity index (χ3n) is 2.33. The van der Waals surface area contributed by atoms with Crippen LogP contribution in [0.1, 0.15) is 10.4 Å². The molecular weight excluding hydrogens is 273 g/mol. The zero-order valence-electron chi connectivity index (χ0n) is 10.1. The fourth-order valence-electron chi connectivity index (χ4n) is 1.55. The zero-order valence-corrected chi connectivity index (χ0v) is 10.1. The summed E-state index contributed by atoms with van der Waals surface area (Å²) in [5.74, 6) is -0.536. The van der Waals surface area contributed by atoms with E-state index in [0.29, 0.717) is 12.0 Å². The summed E-state index contributed by atoms with van der Waals surface area (Å²) in [5, 5.41) is 0. The lowest BCUT2D eigenvalue weighted by atomic mass is 10.2. The first kappa shape index (κ1) is 13.9. The Morgan fingerprint density at radius 3 is 2.25 bits per heavy atom. The van der Waals surface area contributed by atoms with Crippen molar-refractivity contribution in [1.82, 2.24) is 0 Å². The van der Waals surface area contributed by atoms with Gasteiger partial charge >= 0.3 is 6.36 Å². The lowest BCUT2D eigenvalue weighted by Gasteiger charge is -2.15. The Hall–Kier alpha value is -2.50. The highest BCUT2D eigenvalue weighted by Gasteiger charge is 2.33. The Morgan fingerprint density at radius 2 is 1.65 bits per heavy atom. The molecule has 0 aliphatic heterocycles. The molecule has 0 saturated heterocycles. The SMILES string of the molecule is O=Cc1cccc(OC(F)(F)F)c1Oc1ccccc1. The number of aldehydes is 1. The molecule has 3 nitrogen and oxygen atoms in total. The zero-order chi connectivity index (χ0) is 14.6. The number of carbonyl (C=O) groups is 1. The number of para-hydroxylation sites is 2. The van der Waals surface area contributed by atoms with Crippen molar-refractivity contribution in [3.63, 3.8) is 0 Å². The van der Waals surface area contributed by atoms with Gasteiger partial charge in [-0.25, -0.2) is 0 Å². The van der Waals surface area contributed by atoms with Crippen LogP contribution in [0.3, 0.4) is 0 Å². The van der Waals surface area contributed by atoms with Crippen LogP contribution in [-0.2, 0) is 0 Å². The number of hydrogen-bond acceptors (Lipinski definition) is 3. The minimum absolute atomic E-state index is 0.0318. The minimum Gasteiger partial charge on any atom is -0.453 e. The second-order valence-corrected chi connectivity index (χ2v) is 3.76. The molecule has 2 aromatic carbocycles. The molecule has 0 fully saturated rings. The number of benzene rings is 2. The summed E-state index contributed by atoms with van der Waals surface area (Å²) in [4.78, 5) is 10.9. The van der Waals surface area contributed by atoms with Gasteiger partial charge in [0.1, 0.15) is 5.75 Å². The molecule has 104 valence electrons. The molecule has 0 saturated carbocycles. The first-order valence-electron chi connectivity index (χ1n) is 5.56. The standard InChI is InChI=1S/C14H9F3O3/c15-14(16,17)20-12-8-4-5-10(9-18)13(12)19-11-6-2-1-3-7-11/h1-9H. The molecule has 0 aromatic heterocycles. The highest BCUT2D eigenvalue weighted by Crippen LogP contribution is 2.37. The van der Waals surface area contributed by atoms with Crippen molar-refractivity contribution in [2.75, 3.05) is 0 Å². The number of alkyl halides is 3. The predicted octanol–water partition coefficient (Wildman–Crippen LogP) is 4.19. The van der Waals surface area contributed by atoms with Crippen molar-refractivity contribution < 1.29 is 27.4 Å². The van der Waals surface area contributed by atoms with Crippen LogP contribution in [0.4, 0.5) is 13.2 Å². The Morgan fingerprint density at radius 1 is 0.950 bits per heavy atom. The summed E-state index contributed by atoms with van der Waals surface area (Å²) in [5.41, 5.74) is -0.0318. The Balaban J connectivity index is 2.40. The molecule has 0 bridgehead atoms. The van der Waals surface area contributed by atoms with Crippen molar-refractivity contribution in [3.05, 3.63) is 54.1 Å². The van der Waals surface area contributed by atoms with Gasteiger partial charge in [0.2, 0.25) is 0 Å². The van der Waals surface area contributed by atoms with Gasteiger partial charge in [0.05, 0.1) is 5.56 Å². The third kappa shape index (κ3) is 3.50. The van der Waals surface area contributed by atoms with Gasteiger partial charge in [-0.2, -0.15) is 0 Å². The normalized spacial score (nSPS) is 10.9. The van der Waals surface area contributed by atoms with Gasteiger partial charge in [-0.15, -0.1) is 13.2 Å². The summed E-state index contributed by atoms with van der Waals surface area (Å²) in [7, 11) is 0. The van der Waals surface area contributed by atoms with E-state index >= 15 is 0 Å². The largest absolute Gasteiger partial charge is 0.573 e. The summed E-state index contributed by atoms with van der Waals surface area (Å²) >= 11 is 0. The molecule has 6 heteroatoms. The van der Waals surface area contributed by atoms with Gasteiger partial charge in [-0.05, 0) is 24.3 Å². The van der Waals surface area contributed by atoms with Crippen LogP contribution in [0.15, 0.2) is 48.5 Å². The molecule has 0 atom stereocenters. The van der Waals surface area contributed by atoms with E-state index in [1.165, 1.54) is 12.1 Å². The maximum absolute atomic E-state index is 12.3. The van der Waals surface area contributed by atoms with Crippen molar-refractivity contribution in [3.8, 4) is 17.2 Å². The van der Waals surface area contributed by atoms with Crippen LogP contribution in [0.25, 0.3) is 0 Å². The monoisotopic (exact) mass is 282 g/mol. The van der Waals surface area contributed by atoms with E-state index in [0.717, 1.165) is 6.07 Å². The molecule has 0 spiro atoms.